The molecule has 2 aliphatic rings. The monoisotopic (exact) mass is 427 g/mol. The van der Waals surface area contributed by atoms with Gasteiger partial charge in [-0.1, -0.05) is 6.07 Å². The Morgan fingerprint density at radius 3 is 2.90 bits per heavy atom. The number of aromatic nitrogens is 5. The average molecular weight is 428 g/mol. The Balaban J connectivity index is 1.24. The summed E-state index contributed by atoms with van der Waals surface area (Å²) in [6, 6.07) is 6.36. The molecular formula is C22H33N7O2. The normalized spacial score (nSPS) is 20.1. The summed E-state index contributed by atoms with van der Waals surface area (Å²) in [5.41, 5.74) is 1.10. The number of ether oxygens (including phenoxy) is 1. The van der Waals surface area contributed by atoms with Crippen molar-refractivity contribution in [3.8, 4) is 0 Å². The highest BCUT2D eigenvalue weighted by atomic mass is 16.5. The lowest BCUT2D eigenvalue weighted by Gasteiger charge is -2.36. The number of carbonyl (C=O) groups is 1. The molecule has 0 radical (unpaired) electrons. The van der Waals surface area contributed by atoms with Gasteiger partial charge in [0.2, 0.25) is 5.91 Å². The summed E-state index contributed by atoms with van der Waals surface area (Å²) in [6.07, 6.45) is 8.43. The first-order valence-corrected chi connectivity index (χ1v) is 11.5. The van der Waals surface area contributed by atoms with Crippen molar-refractivity contribution in [3.05, 3.63) is 35.9 Å². The lowest BCUT2D eigenvalue weighted by molar-refractivity contribution is -0.135. The van der Waals surface area contributed by atoms with Gasteiger partial charge in [-0.3, -0.25) is 14.7 Å². The number of rotatable bonds is 9. The topological polar surface area (TPSA) is 89.3 Å². The number of tetrazole rings is 1. The molecule has 0 spiro atoms. The summed E-state index contributed by atoms with van der Waals surface area (Å²) < 4.78 is 7.25. The SMILES string of the molecule is O=C(CCCn1nnnc1CN1CCOCC1)N1CCCC[C@@H]1CCc1ccccn1. The highest BCUT2D eigenvalue weighted by molar-refractivity contribution is 5.76. The Morgan fingerprint density at radius 2 is 2.06 bits per heavy atom. The second-order valence-corrected chi connectivity index (χ2v) is 8.41. The molecule has 2 aromatic heterocycles. The number of carbonyl (C=O) groups excluding carboxylic acids is 1. The molecule has 0 bridgehead atoms. The van der Waals surface area contributed by atoms with Crippen LogP contribution in [0.1, 0.15) is 50.0 Å². The van der Waals surface area contributed by atoms with Crippen molar-refractivity contribution in [3.63, 3.8) is 0 Å². The predicted molar refractivity (Wildman–Crippen MR) is 115 cm³/mol. The number of piperidine rings is 1. The number of aryl methyl sites for hydroxylation is 2. The van der Waals surface area contributed by atoms with Gasteiger partial charge in [0.05, 0.1) is 19.8 Å². The van der Waals surface area contributed by atoms with Crippen molar-refractivity contribution >= 4 is 5.91 Å². The van der Waals surface area contributed by atoms with Gasteiger partial charge in [0, 0.05) is 50.5 Å². The largest absolute Gasteiger partial charge is 0.379 e. The predicted octanol–water partition coefficient (Wildman–Crippen LogP) is 1.69. The number of hydrogen-bond acceptors (Lipinski definition) is 7. The summed E-state index contributed by atoms with van der Waals surface area (Å²) in [4.78, 5) is 21.8. The Labute approximate surface area is 183 Å². The highest BCUT2D eigenvalue weighted by Crippen LogP contribution is 2.22. The van der Waals surface area contributed by atoms with Crippen LogP contribution in [0.2, 0.25) is 0 Å². The zero-order valence-electron chi connectivity index (χ0n) is 18.2. The van der Waals surface area contributed by atoms with E-state index >= 15 is 0 Å². The lowest BCUT2D eigenvalue weighted by Crippen LogP contribution is -2.44. The van der Waals surface area contributed by atoms with E-state index in [1.54, 1.807) is 0 Å². The number of hydrogen-bond donors (Lipinski definition) is 0. The Bertz CT molecular complexity index is 807. The molecule has 1 atom stereocenters. The summed E-state index contributed by atoms with van der Waals surface area (Å²) in [5, 5.41) is 12.2. The molecule has 9 heteroatoms. The molecule has 0 unspecified atom stereocenters. The van der Waals surface area contributed by atoms with Gasteiger partial charge in [-0.2, -0.15) is 0 Å². The maximum Gasteiger partial charge on any atom is 0.222 e. The second-order valence-electron chi connectivity index (χ2n) is 8.41. The van der Waals surface area contributed by atoms with E-state index in [0.29, 0.717) is 19.0 Å². The molecule has 4 rings (SSSR count). The molecule has 4 heterocycles. The summed E-state index contributed by atoms with van der Waals surface area (Å²) in [7, 11) is 0. The Hall–Kier alpha value is -2.39. The fourth-order valence-corrected chi connectivity index (χ4v) is 4.48. The first-order chi connectivity index (χ1) is 15.3. The van der Waals surface area contributed by atoms with Crippen LogP contribution in [0, 0.1) is 0 Å². The first-order valence-electron chi connectivity index (χ1n) is 11.5. The third-order valence-electron chi connectivity index (χ3n) is 6.24. The van der Waals surface area contributed by atoms with Crippen LogP contribution in [0.25, 0.3) is 0 Å². The minimum Gasteiger partial charge on any atom is -0.379 e. The average Bonchev–Trinajstić information content (AvgIpc) is 3.26. The molecule has 0 aliphatic carbocycles. The van der Waals surface area contributed by atoms with Crippen molar-refractivity contribution in [2.75, 3.05) is 32.8 Å². The summed E-state index contributed by atoms with van der Waals surface area (Å²) >= 11 is 0. The van der Waals surface area contributed by atoms with Gasteiger partial charge in [0.15, 0.2) is 5.82 Å². The van der Waals surface area contributed by atoms with E-state index in [4.69, 9.17) is 4.74 Å². The molecule has 9 nitrogen and oxygen atoms in total. The van der Waals surface area contributed by atoms with Gasteiger partial charge in [-0.05, 0) is 61.1 Å². The number of pyridine rings is 1. The molecule has 2 fully saturated rings. The Kier molecular flexibility index (Phi) is 7.95. The molecule has 0 saturated carbocycles. The molecule has 0 aromatic carbocycles. The molecule has 2 aromatic rings. The second kappa shape index (κ2) is 11.3. The van der Waals surface area contributed by atoms with Gasteiger partial charge in [0.1, 0.15) is 0 Å². The van der Waals surface area contributed by atoms with Crippen LogP contribution >= 0.6 is 0 Å². The molecule has 31 heavy (non-hydrogen) atoms. The molecule has 0 N–H and O–H groups in total. The van der Waals surface area contributed by atoms with Crippen LogP contribution in [-0.2, 0) is 29.0 Å². The van der Waals surface area contributed by atoms with E-state index in [-0.39, 0.29) is 5.91 Å². The van der Waals surface area contributed by atoms with Crippen LogP contribution in [0.15, 0.2) is 24.4 Å². The van der Waals surface area contributed by atoms with E-state index in [1.165, 1.54) is 6.42 Å². The maximum absolute atomic E-state index is 13.0. The van der Waals surface area contributed by atoms with Crippen LogP contribution in [0.3, 0.4) is 0 Å². The van der Waals surface area contributed by atoms with E-state index in [0.717, 1.165) is 83.0 Å². The van der Waals surface area contributed by atoms with Gasteiger partial charge in [-0.25, -0.2) is 4.68 Å². The van der Waals surface area contributed by atoms with Crippen molar-refractivity contribution in [1.29, 1.82) is 0 Å². The highest BCUT2D eigenvalue weighted by Gasteiger charge is 2.26. The minimum atomic E-state index is 0.258. The number of morpholine rings is 1. The fourth-order valence-electron chi connectivity index (χ4n) is 4.48. The van der Waals surface area contributed by atoms with Crippen LogP contribution in [0.5, 0.6) is 0 Å². The fraction of sp³-hybridized carbons (Fsp3) is 0.682. The zero-order chi connectivity index (χ0) is 21.3. The third kappa shape index (κ3) is 6.30. The molecule has 2 saturated heterocycles. The minimum absolute atomic E-state index is 0.258. The number of nitrogens with zero attached hydrogens (tertiary/aromatic N) is 7. The van der Waals surface area contributed by atoms with E-state index in [2.05, 4.69) is 36.4 Å². The van der Waals surface area contributed by atoms with Crippen molar-refractivity contribution in [2.45, 2.75) is 64.1 Å². The summed E-state index contributed by atoms with van der Waals surface area (Å²) in [5.74, 6) is 1.12. The molecule has 168 valence electrons. The zero-order valence-corrected chi connectivity index (χ0v) is 18.2. The standard InChI is InChI=1S/C22H33N7O2/c30-22(28-12-4-2-7-20(28)10-9-19-6-1-3-11-23-19)8-5-13-29-21(24-25-26-29)18-27-14-16-31-17-15-27/h1,3,6,11,20H,2,4-5,7-10,12-18H2/t20-/m1/s1. The van der Waals surface area contributed by atoms with Crippen LogP contribution in [0.4, 0.5) is 0 Å². The number of likely N-dealkylation sites (tertiary alicyclic amines) is 1. The van der Waals surface area contributed by atoms with E-state index in [1.807, 2.05) is 23.0 Å². The van der Waals surface area contributed by atoms with Gasteiger partial charge in [0.25, 0.3) is 0 Å². The van der Waals surface area contributed by atoms with E-state index in [9.17, 15) is 4.79 Å². The van der Waals surface area contributed by atoms with Crippen molar-refractivity contribution in [2.24, 2.45) is 0 Å². The molecule has 1 amide bonds. The lowest BCUT2D eigenvalue weighted by atomic mass is 9.96. The smallest absolute Gasteiger partial charge is 0.222 e. The van der Waals surface area contributed by atoms with Gasteiger partial charge < -0.3 is 9.64 Å². The van der Waals surface area contributed by atoms with Gasteiger partial charge >= 0.3 is 0 Å². The van der Waals surface area contributed by atoms with Gasteiger partial charge in [-0.15, -0.1) is 5.10 Å². The number of amides is 1. The third-order valence-corrected chi connectivity index (χ3v) is 6.24. The molecular weight excluding hydrogens is 394 g/mol. The summed E-state index contributed by atoms with van der Waals surface area (Å²) in [6.45, 7) is 5.59. The first kappa shape index (κ1) is 21.8. The maximum atomic E-state index is 13.0. The van der Waals surface area contributed by atoms with E-state index < -0.39 is 0 Å². The van der Waals surface area contributed by atoms with Crippen LogP contribution < -0.4 is 0 Å². The molecule has 2 aliphatic heterocycles. The van der Waals surface area contributed by atoms with Crippen molar-refractivity contribution < 1.29 is 9.53 Å². The quantitative estimate of drug-likeness (QED) is 0.602. The Morgan fingerprint density at radius 1 is 1.16 bits per heavy atom. The van der Waals surface area contributed by atoms with Crippen LogP contribution in [-0.4, -0.2) is 79.8 Å². The van der Waals surface area contributed by atoms with Crippen molar-refractivity contribution in [1.82, 2.24) is 35.0 Å².